The second-order valence-electron chi connectivity index (χ2n) is 7.02. The van der Waals surface area contributed by atoms with Crippen LogP contribution in [0.15, 0.2) is 42.7 Å². The van der Waals surface area contributed by atoms with E-state index in [4.69, 9.17) is 0 Å². The number of hydrogen-bond donors (Lipinski definition) is 1. The molecule has 0 spiro atoms. The summed E-state index contributed by atoms with van der Waals surface area (Å²) in [7, 11) is 0. The number of hydrogen-bond acceptors (Lipinski definition) is 4. The van der Waals surface area contributed by atoms with Crippen LogP contribution in [0.25, 0.3) is 11.3 Å². The lowest BCUT2D eigenvalue weighted by Crippen LogP contribution is -2.52. The molecule has 1 aliphatic rings. The first-order chi connectivity index (χ1) is 12.6. The minimum Gasteiger partial charge on any atom is -0.353 e. The van der Waals surface area contributed by atoms with Crippen LogP contribution < -0.4 is 10.2 Å². The number of aromatic nitrogens is 2. The van der Waals surface area contributed by atoms with Crippen LogP contribution in [0.5, 0.6) is 0 Å². The average molecular weight is 353 g/mol. The quantitative estimate of drug-likeness (QED) is 0.897. The first-order valence-electron chi connectivity index (χ1n) is 9.28. The lowest BCUT2D eigenvalue weighted by atomic mass is 10.1. The van der Waals surface area contributed by atoms with Gasteiger partial charge in [-0.2, -0.15) is 0 Å². The average Bonchev–Trinajstić information content (AvgIpc) is 2.68. The van der Waals surface area contributed by atoms with E-state index < -0.39 is 0 Å². The first kappa shape index (κ1) is 18.2. The number of rotatable bonds is 5. The maximum Gasteiger partial charge on any atom is 0.317 e. The molecule has 1 fully saturated rings. The highest BCUT2D eigenvalue weighted by Gasteiger charge is 2.22. The van der Waals surface area contributed by atoms with Gasteiger partial charge in [0.05, 0.1) is 5.69 Å². The molecule has 0 aliphatic carbocycles. The molecule has 2 heterocycles. The number of anilines is 1. The van der Waals surface area contributed by atoms with E-state index in [-0.39, 0.29) is 6.03 Å². The molecule has 0 bridgehead atoms. The number of carbonyl (C=O) groups is 1. The summed E-state index contributed by atoms with van der Waals surface area (Å²) in [4.78, 5) is 25.1. The van der Waals surface area contributed by atoms with Gasteiger partial charge in [0.1, 0.15) is 12.1 Å². The van der Waals surface area contributed by atoms with Crippen molar-refractivity contribution in [1.82, 2.24) is 20.2 Å². The van der Waals surface area contributed by atoms with Gasteiger partial charge in [0.25, 0.3) is 0 Å². The molecule has 0 saturated carbocycles. The minimum atomic E-state index is 0.0398. The third-order valence-electron chi connectivity index (χ3n) is 4.61. The highest BCUT2D eigenvalue weighted by Crippen LogP contribution is 2.21. The predicted molar refractivity (Wildman–Crippen MR) is 104 cm³/mol. The van der Waals surface area contributed by atoms with Crippen LogP contribution in [0.2, 0.25) is 0 Å². The fourth-order valence-corrected chi connectivity index (χ4v) is 3.00. The van der Waals surface area contributed by atoms with Gasteiger partial charge in [-0.25, -0.2) is 14.8 Å². The van der Waals surface area contributed by atoms with E-state index in [1.165, 1.54) is 0 Å². The fraction of sp³-hybridized carbons (Fsp3) is 0.450. The van der Waals surface area contributed by atoms with E-state index in [2.05, 4.69) is 34.0 Å². The van der Waals surface area contributed by atoms with Crippen molar-refractivity contribution in [2.45, 2.75) is 20.3 Å². The Labute approximate surface area is 155 Å². The minimum absolute atomic E-state index is 0.0398. The number of urea groups is 1. The Balaban J connectivity index is 1.56. The first-order valence-corrected chi connectivity index (χ1v) is 9.28. The summed E-state index contributed by atoms with van der Waals surface area (Å²) in [5, 5.41) is 3.01. The summed E-state index contributed by atoms with van der Waals surface area (Å²) in [5.41, 5.74) is 2.00. The third-order valence-corrected chi connectivity index (χ3v) is 4.61. The Bertz CT molecular complexity index is 711. The second kappa shape index (κ2) is 8.65. The van der Waals surface area contributed by atoms with Gasteiger partial charge < -0.3 is 15.1 Å². The normalized spacial score (nSPS) is 14.6. The molecule has 1 saturated heterocycles. The zero-order valence-electron chi connectivity index (χ0n) is 15.6. The van der Waals surface area contributed by atoms with Crippen LogP contribution in [-0.4, -0.2) is 53.6 Å². The summed E-state index contributed by atoms with van der Waals surface area (Å²) < 4.78 is 0. The second-order valence-corrected chi connectivity index (χ2v) is 7.02. The van der Waals surface area contributed by atoms with E-state index in [1.54, 1.807) is 6.33 Å². The molecule has 3 rings (SSSR count). The van der Waals surface area contributed by atoms with Crippen molar-refractivity contribution in [3.63, 3.8) is 0 Å². The van der Waals surface area contributed by atoms with E-state index in [0.29, 0.717) is 19.0 Å². The van der Waals surface area contributed by atoms with Gasteiger partial charge in [0, 0.05) is 44.4 Å². The molecule has 1 N–H and O–H groups in total. The molecule has 0 radical (unpaired) electrons. The number of benzene rings is 1. The summed E-state index contributed by atoms with van der Waals surface area (Å²) in [5.74, 6) is 1.52. The SMILES string of the molecule is CC(C)CCNC(=O)N1CCN(c2cc(-c3ccccc3)ncn2)CC1. The zero-order valence-corrected chi connectivity index (χ0v) is 15.6. The molecular weight excluding hydrogens is 326 g/mol. The van der Waals surface area contributed by atoms with Crippen molar-refractivity contribution in [2.24, 2.45) is 5.92 Å². The van der Waals surface area contributed by atoms with E-state index in [9.17, 15) is 4.79 Å². The Morgan fingerprint density at radius 1 is 1.12 bits per heavy atom. The summed E-state index contributed by atoms with van der Waals surface area (Å²) in [6.45, 7) is 8.04. The monoisotopic (exact) mass is 353 g/mol. The lowest BCUT2D eigenvalue weighted by Gasteiger charge is -2.35. The van der Waals surface area contributed by atoms with Crippen molar-refractivity contribution in [3.8, 4) is 11.3 Å². The van der Waals surface area contributed by atoms with Gasteiger partial charge in [-0.15, -0.1) is 0 Å². The number of carbonyl (C=O) groups excluding carboxylic acids is 1. The van der Waals surface area contributed by atoms with Crippen molar-refractivity contribution in [2.75, 3.05) is 37.6 Å². The molecule has 2 aromatic rings. The Morgan fingerprint density at radius 3 is 2.54 bits per heavy atom. The van der Waals surface area contributed by atoms with E-state index >= 15 is 0 Å². The molecule has 138 valence electrons. The largest absolute Gasteiger partial charge is 0.353 e. The highest BCUT2D eigenvalue weighted by atomic mass is 16.2. The van der Waals surface area contributed by atoms with Crippen molar-refractivity contribution >= 4 is 11.8 Å². The van der Waals surface area contributed by atoms with Crippen LogP contribution in [-0.2, 0) is 0 Å². The Hall–Kier alpha value is -2.63. The molecule has 6 nitrogen and oxygen atoms in total. The summed E-state index contributed by atoms with van der Waals surface area (Å²) >= 11 is 0. The third kappa shape index (κ3) is 4.71. The summed E-state index contributed by atoms with van der Waals surface area (Å²) in [6.07, 6.45) is 2.62. The topological polar surface area (TPSA) is 61.4 Å². The Morgan fingerprint density at radius 2 is 1.85 bits per heavy atom. The molecule has 6 heteroatoms. The predicted octanol–water partition coefficient (Wildman–Crippen LogP) is 3.02. The van der Waals surface area contributed by atoms with Gasteiger partial charge in [-0.1, -0.05) is 44.2 Å². The molecule has 2 amide bonds. The van der Waals surface area contributed by atoms with Crippen molar-refractivity contribution in [3.05, 3.63) is 42.7 Å². The molecule has 0 atom stereocenters. The van der Waals surface area contributed by atoms with Gasteiger partial charge in [0.15, 0.2) is 0 Å². The Kier molecular flexibility index (Phi) is 6.04. The molecule has 26 heavy (non-hydrogen) atoms. The number of piperazine rings is 1. The number of nitrogens with zero attached hydrogens (tertiary/aromatic N) is 4. The number of nitrogens with one attached hydrogen (secondary N) is 1. The van der Waals surface area contributed by atoms with Crippen LogP contribution >= 0.6 is 0 Å². The van der Waals surface area contributed by atoms with Crippen molar-refractivity contribution in [1.29, 1.82) is 0 Å². The summed E-state index contributed by atoms with van der Waals surface area (Å²) in [6, 6.07) is 12.2. The van der Waals surface area contributed by atoms with Crippen LogP contribution in [0.4, 0.5) is 10.6 Å². The fourth-order valence-electron chi connectivity index (χ4n) is 3.00. The zero-order chi connectivity index (χ0) is 18.4. The smallest absolute Gasteiger partial charge is 0.317 e. The van der Waals surface area contributed by atoms with Crippen molar-refractivity contribution < 1.29 is 4.79 Å². The van der Waals surface area contributed by atoms with Gasteiger partial charge in [0.2, 0.25) is 0 Å². The maximum atomic E-state index is 12.2. The molecule has 1 aromatic carbocycles. The number of amides is 2. The lowest BCUT2D eigenvalue weighted by molar-refractivity contribution is 0.193. The van der Waals surface area contributed by atoms with Gasteiger partial charge in [-0.05, 0) is 12.3 Å². The van der Waals surface area contributed by atoms with E-state index in [1.807, 2.05) is 41.3 Å². The molecule has 1 aromatic heterocycles. The van der Waals surface area contributed by atoms with Crippen LogP contribution in [0.3, 0.4) is 0 Å². The highest BCUT2D eigenvalue weighted by molar-refractivity contribution is 5.74. The molecule has 1 aliphatic heterocycles. The van der Waals surface area contributed by atoms with Crippen LogP contribution in [0, 0.1) is 5.92 Å². The van der Waals surface area contributed by atoms with Gasteiger partial charge in [-0.3, -0.25) is 0 Å². The van der Waals surface area contributed by atoms with Crippen LogP contribution in [0.1, 0.15) is 20.3 Å². The van der Waals surface area contributed by atoms with Gasteiger partial charge >= 0.3 is 6.03 Å². The standard InChI is InChI=1S/C20H27N5O/c1-16(2)8-9-21-20(26)25-12-10-24(11-13-25)19-14-18(22-15-23-19)17-6-4-3-5-7-17/h3-7,14-16H,8-13H2,1-2H3,(H,21,26). The van der Waals surface area contributed by atoms with E-state index in [0.717, 1.165) is 43.1 Å². The molecule has 0 unspecified atom stereocenters. The maximum absolute atomic E-state index is 12.2. The molecular formula is C20H27N5O.